The molecule has 5 nitrogen and oxygen atoms in total. The van der Waals surface area contributed by atoms with E-state index in [1.807, 2.05) is 24.6 Å². The third-order valence-electron chi connectivity index (χ3n) is 2.79. The van der Waals surface area contributed by atoms with E-state index in [1.54, 1.807) is 11.3 Å². The number of nitrogens with one attached hydrogen (secondary N) is 2. The van der Waals surface area contributed by atoms with E-state index in [1.165, 1.54) is 0 Å². The summed E-state index contributed by atoms with van der Waals surface area (Å²) in [4.78, 5) is 13.3. The standard InChI is InChI=1S/C14H21N5S/c1-5-6-16-13-17-10(2)9-11(18-13)19-14(3,4)12-15-7-8-20-12/h7-9H,5-6H2,1-4H3,(H2,16,17,18,19). The van der Waals surface area contributed by atoms with Crippen molar-refractivity contribution in [3.8, 4) is 0 Å². The first kappa shape index (κ1) is 14.7. The van der Waals surface area contributed by atoms with Gasteiger partial charge in [-0.15, -0.1) is 11.3 Å². The SMILES string of the molecule is CCCNc1nc(C)cc(NC(C)(C)c2nccs2)n1. The number of aryl methyl sites for hydroxylation is 1. The van der Waals surface area contributed by atoms with E-state index < -0.39 is 0 Å². The number of rotatable bonds is 6. The first-order chi connectivity index (χ1) is 9.51. The van der Waals surface area contributed by atoms with Crippen LogP contribution in [0.4, 0.5) is 11.8 Å². The van der Waals surface area contributed by atoms with Crippen LogP contribution in [-0.4, -0.2) is 21.5 Å². The molecule has 6 heteroatoms. The van der Waals surface area contributed by atoms with Crippen LogP contribution in [0.1, 0.15) is 37.9 Å². The third-order valence-corrected chi connectivity index (χ3v) is 3.89. The second-order valence-electron chi connectivity index (χ2n) is 5.23. The smallest absolute Gasteiger partial charge is 0.224 e. The summed E-state index contributed by atoms with van der Waals surface area (Å²) in [7, 11) is 0. The first-order valence-corrected chi connectivity index (χ1v) is 7.67. The zero-order valence-corrected chi connectivity index (χ0v) is 13.2. The van der Waals surface area contributed by atoms with Crippen LogP contribution in [-0.2, 0) is 5.54 Å². The van der Waals surface area contributed by atoms with Crippen LogP contribution in [0, 0.1) is 6.92 Å². The van der Waals surface area contributed by atoms with Gasteiger partial charge >= 0.3 is 0 Å². The average molecular weight is 291 g/mol. The molecule has 2 N–H and O–H groups in total. The van der Waals surface area contributed by atoms with E-state index >= 15 is 0 Å². The topological polar surface area (TPSA) is 62.7 Å². The van der Waals surface area contributed by atoms with Crippen molar-refractivity contribution >= 4 is 23.1 Å². The minimum absolute atomic E-state index is 0.253. The number of aromatic nitrogens is 3. The van der Waals surface area contributed by atoms with E-state index in [0.29, 0.717) is 5.95 Å². The molecule has 0 amide bonds. The van der Waals surface area contributed by atoms with Crippen molar-refractivity contribution in [3.05, 3.63) is 28.3 Å². The Morgan fingerprint density at radius 3 is 2.75 bits per heavy atom. The van der Waals surface area contributed by atoms with Crippen molar-refractivity contribution in [3.63, 3.8) is 0 Å². The first-order valence-electron chi connectivity index (χ1n) is 6.79. The van der Waals surface area contributed by atoms with Crippen molar-refractivity contribution in [1.29, 1.82) is 0 Å². The van der Waals surface area contributed by atoms with Crippen LogP contribution in [0.5, 0.6) is 0 Å². The van der Waals surface area contributed by atoms with Crippen molar-refractivity contribution in [2.75, 3.05) is 17.2 Å². The highest BCUT2D eigenvalue weighted by Crippen LogP contribution is 2.26. The summed E-state index contributed by atoms with van der Waals surface area (Å²) >= 11 is 1.64. The molecule has 0 atom stereocenters. The van der Waals surface area contributed by atoms with Crippen molar-refractivity contribution < 1.29 is 0 Å². The van der Waals surface area contributed by atoms with Gasteiger partial charge in [0.05, 0.1) is 5.54 Å². The Kier molecular flexibility index (Phi) is 4.54. The molecular formula is C14H21N5S. The maximum absolute atomic E-state index is 4.51. The minimum atomic E-state index is -0.253. The molecule has 2 heterocycles. The molecule has 20 heavy (non-hydrogen) atoms. The molecule has 2 aromatic heterocycles. The molecule has 2 aromatic rings. The van der Waals surface area contributed by atoms with Gasteiger partial charge in [0.15, 0.2) is 0 Å². The van der Waals surface area contributed by atoms with Gasteiger partial charge in [-0.2, -0.15) is 4.98 Å². The largest absolute Gasteiger partial charge is 0.359 e. The zero-order chi connectivity index (χ0) is 14.6. The Morgan fingerprint density at radius 1 is 1.30 bits per heavy atom. The Hall–Kier alpha value is -1.69. The number of hydrogen-bond acceptors (Lipinski definition) is 6. The fourth-order valence-corrected chi connectivity index (χ4v) is 2.57. The van der Waals surface area contributed by atoms with Gasteiger partial charge in [0.1, 0.15) is 10.8 Å². The Balaban J connectivity index is 2.18. The van der Waals surface area contributed by atoms with Crippen LogP contribution in [0.15, 0.2) is 17.6 Å². The fourth-order valence-electron chi connectivity index (χ4n) is 1.85. The van der Waals surface area contributed by atoms with E-state index in [9.17, 15) is 0 Å². The van der Waals surface area contributed by atoms with Crippen molar-refractivity contribution in [2.24, 2.45) is 0 Å². The van der Waals surface area contributed by atoms with Crippen LogP contribution < -0.4 is 10.6 Å². The summed E-state index contributed by atoms with van der Waals surface area (Å²) in [6.45, 7) is 9.16. The summed E-state index contributed by atoms with van der Waals surface area (Å²) < 4.78 is 0. The lowest BCUT2D eigenvalue weighted by atomic mass is 10.1. The Labute approximate surface area is 123 Å². The van der Waals surface area contributed by atoms with Gasteiger partial charge in [-0.3, -0.25) is 0 Å². The van der Waals surface area contributed by atoms with E-state index in [4.69, 9.17) is 0 Å². The highest BCUT2D eigenvalue weighted by atomic mass is 32.1. The van der Waals surface area contributed by atoms with Crippen LogP contribution in [0.2, 0.25) is 0 Å². The molecule has 0 saturated heterocycles. The van der Waals surface area contributed by atoms with E-state index in [0.717, 1.165) is 29.5 Å². The van der Waals surface area contributed by atoms with Gasteiger partial charge in [-0.25, -0.2) is 9.97 Å². The van der Waals surface area contributed by atoms with Gasteiger partial charge in [0.25, 0.3) is 0 Å². The number of nitrogens with zero attached hydrogens (tertiary/aromatic N) is 3. The lowest BCUT2D eigenvalue weighted by Crippen LogP contribution is -2.28. The maximum atomic E-state index is 4.51. The molecule has 0 radical (unpaired) electrons. The predicted molar refractivity (Wildman–Crippen MR) is 84.3 cm³/mol. The summed E-state index contributed by atoms with van der Waals surface area (Å²) in [6.07, 6.45) is 2.87. The van der Waals surface area contributed by atoms with E-state index in [-0.39, 0.29) is 5.54 Å². The van der Waals surface area contributed by atoms with E-state index in [2.05, 4.69) is 46.4 Å². The Morgan fingerprint density at radius 2 is 2.10 bits per heavy atom. The van der Waals surface area contributed by atoms with Gasteiger partial charge in [-0.05, 0) is 27.2 Å². The summed E-state index contributed by atoms with van der Waals surface area (Å²) in [5, 5.41) is 9.68. The number of hydrogen-bond donors (Lipinski definition) is 2. The van der Waals surface area contributed by atoms with Crippen molar-refractivity contribution in [2.45, 2.75) is 39.7 Å². The fraction of sp³-hybridized carbons (Fsp3) is 0.500. The summed E-state index contributed by atoms with van der Waals surface area (Å²) in [5.74, 6) is 1.49. The molecule has 0 spiro atoms. The second kappa shape index (κ2) is 6.17. The lowest BCUT2D eigenvalue weighted by molar-refractivity contribution is 0.600. The molecule has 0 bridgehead atoms. The molecule has 0 fully saturated rings. The zero-order valence-electron chi connectivity index (χ0n) is 12.4. The lowest BCUT2D eigenvalue weighted by Gasteiger charge is -2.24. The van der Waals surface area contributed by atoms with Gasteiger partial charge < -0.3 is 10.6 Å². The number of anilines is 2. The highest BCUT2D eigenvalue weighted by Gasteiger charge is 2.23. The van der Waals surface area contributed by atoms with Gasteiger partial charge in [0, 0.05) is 29.9 Å². The predicted octanol–water partition coefficient (Wildman–Crippen LogP) is 3.41. The highest BCUT2D eigenvalue weighted by molar-refractivity contribution is 7.09. The maximum Gasteiger partial charge on any atom is 0.224 e. The summed E-state index contributed by atoms with van der Waals surface area (Å²) in [5.41, 5.74) is 0.688. The molecule has 0 aliphatic rings. The monoisotopic (exact) mass is 291 g/mol. The molecule has 0 aromatic carbocycles. The van der Waals surface area contributed by atoms with Crippen LogP contribution in [0.25, 0.3) is 0 Å². The normalized spacial score (nSPS) is 11.4. The van der Waals surface area contributed by atoms with Crippen LogP contribution >= 0.6 is 11.3 Å². The Bertz CT molecular complexity index is 551. The molecule has 2 rings (SSSR count). The van der Waals surface area contributed by atoms with Gasteiger partial charge in [-0.1, -0.05) is 6.92 Å². The minimum Gasteiger partial charge on any atom is -0.359 e. The second-order valence-corrected chi connectivity index (χ2v) is 6.13. The molecule has 0 aliphatic heterocycles. The molecule has 0 aliphatic carbocycles. The molecule has 108 valence electrons. The molecular weight excluding hydrogens is 270 g/mol. The quantitative estimate of drug-likeness (QED) is 0.854. The third kappa shape index (κ3) is 3.66. The molecule has 0 unspecified atom stereocenters. The number of thiazole rings is 1. The van der Waals surface area contributed by atoms with Crippen LogP contribution in [0.3, 0.4) is 0 Å². The summed E-state index contributed by atoms with van der Waals surface area (Å²) in [6, 6.07) is 1.95. The van der Waals surface area contributed by atoms with Crippen molar-refractivity contribution in [1.82, 2.24) is 15.0 Å². The van der Waals surface area contributed by atoms with Gasteiger partial charge in [0.2, 0.25) is 5.95 Å². The molecule has 0 saturated carbocycles. The average Bonchev–Trinajstić information content (AvgIpc) is 2.89.